The topological polar surface area (TPSA) is 74.2 Å². The Labute approximate surface area is 158 Å². The molecule has 1 N–H and O–H groups in total. The second-order valence-corrected chi connectivity index (χ2v) is 7.14. The zero-order valence-corrected chi connectivity index (χ0v) is 15.4. The van der Waals surface area contributed by atoms with Crippen molar-refractivity contribution in [2.24, 2.45) is 10.9 Å². The van der Waals surface area contributed by atoms with E-state index in [9.17, 15) is 4.79 Å². The average molecular weight is 361 g/mol. The number of rotatable bonds is 2. The molecule has 3 heterocycles. The highest BCUT2D eigenvalue weighted by molar-refractivity contribution is 5.99. The number of H-pyrrole nitrogens is 1. The summed E-state index contributed by atoms with van der Waals surface area (Å²) in [5.74, 6) is 7.74. The van der Waals surface area contributed by atoms with Crippen LogP contribution in [0.1, 0.15) is 44.2 Å². The fraction of sp³-hybridized carbons (Fsp3) is 0.429. The molecular formula is C21H23N5O. The normalized spacial score (nSPS) is 19.3. The lowest BCUT2D eigenvalue weighted by molar-refractivity contribution is -0.124. The minimum absolute atomic E-state index is 0.0602. The standard InChI is InChI=1S/C21H23N5O/c1-2-19(27)26-11-10-17(13-26)25-21-18-12-16(24-20(18)22-14-23-21)9-8-15-6-4-3-5-7-15/h2,12,14-15H,1,3-7,10-11,13H2,(H,22,23,24). The maximum absolute atomic E-state index is 11.7. The molecular weight excluding hydrogens is 338 g/mol. The van der Waals surface area contributed by atoms with Crippen molar-refractivity contribution in [3.05, 3.63) is 30.7 Å². The number of carbonyl (C=O) groups is 1. The van der Waals surface area contributed by atoms with Gasteiger partial charge in [-0.25, -0.2) is 15.0 Å². The number of amides is 1. The van der Waals surface area contributed by atoms with Gasteiger partial charge in [0, 0.05) is 24.6 Å². The first-order valence-electron chi connectivity index (χ1n) is 9.56. The second kappa shape index (κ2) is 7.75. The Morgan fingerprint density at radius 1 is 1.33 bits per heavy atom. The average Bonchev–Trinajstić information content (AvgIpc) is 3.34. The second-order valence-electron chi connectivity index (χ2n) is 7.14. The van der Waals surface area contributed by atoms with Gasteiger partial charge in [0.1, 0.15) is 12.0 Å². The van der Waals surface area contributed by atoms with Gasteiger partial charge in [0.05, 0.1) is 17.6 Å². The molecule has 1 amide bonds. The van der Waals surface area contributed by atoms with Gasteiger partial charge in [0.15, 0.2) is 5.82 Å². The van der Waals surface area contributed by atoms with Crippen molar-refractivity contribution in [1.29, 1.82) is 0 Å². The number of carbonyl (C=O) groups excluding carboxylic acids is 1. The molecule has 2 aliphatic rings. The van der Waals surface area contributed by atoms with Crippen molar-refractivity contribution >= 4 is 28.5 Å². The molecule has 2 aromatic heterocycles. The molecule has 0 atom stereocenters. The van der Waals surface area contributed by atoms with Crippen LogP contribution >= 0.6 is 0 Å². The van der Waals surface area contributed by atoms with Crippen molar-refractivity contribution in [2.45, 2.75) is 38.5 Å². The number of hydrogen-bond donors (Lipinski definition) is 1. The highest BCUT2D eigenvalue weighted by Gasteiger charge is 2.21. The third-order valence-electron chi connectivity index (χ3n) is 5.21. The number of aliphatic imine (C=N–C) groups is 1. The van der Waals surface area contributed by atoms with Crippen molar-refractivity contribution < 1.29 is 4.79 Å². The van der Waals surface area contributed by atoms with E-state index < -0.39 is 0 Å². The summed E-state index contributed by atoms with van der Waals surface area (Å²) in [6, 6.07) is 1.98. The van der Waals surface area contributed by atoms with E-state index in [1.165, 1.54) is 44.5 Å². The molecule has 1 saturated heterocycles. The van der Waals surface area contributed by atoms with E-state index in [0.717, 1.165) is 28.9 Å². The van der Waals surface area contributed by atoms with E-state index in [0.29, 0.717) is 24.8 Å². The zero-order chi connectivity index (χ0) is 18.6. The number of aromatic amines is 1. The van der Waals surface area contributed by atoms with Crippen LogP contribution in [0.4, 0.5) is 5.82 Å². The molecule has 1 saturated carbocycles. The van der Waals surface area contributed by atoms with Gasteiger partial charge in [0.25, 0.3) is 0 Å². The molecule has 138 valence electrons. The van der Waals surface area contributed by atoms with Gasteiger partial charge >= 0.3 is 0 Å². The number of fused-ring (bicyclic) bond motifs is 1. The number of nitrogens with zero attached hydrogens (tertiary/aromatic N) is 4. The van der Waals surface area contributed by atoms with Crippen LogP contribution in [0, 0.1) is 17.8 Å². The minimum atomic E-state index is -0.0602. The van der Waals surface area contributed by atoms with Crippen LogP contribution in [0.5, 0.6) is 0 Å². The van der Waals surface area contributed by atoms with Gasteiger partial charge in [-0.3, -0.25) is 4.79 Å². The van der Waals surface area contributed by atoms with Crippen molar-refractivity contribution in [2.75, 3.05) is 13.1 Å². The van der Waals surface area contributed by atoms with E-state index in [4.69, 9.17) is 0 Å². The van der Waals surface area contributed by atoms with Gasteiger partial charge in [0.2, 0.25) is 5.91 Å². The number of nitrogens with one attached hydrogen (secondary N) is 1. The molecule has 6 heteroatoms. The predicted octanol–water partition coefficient (Wildman–Crippen LogP) is 3.38. The molecule has 4 rings (SSSR count). The summed E-state index contributed by atoms with van der Waals surface area (Å²) < 4.78 is 0. The van der Waals surface area contributed by atoms with E-state index in [2.05, 4.69) is 38.4 Å². The summed E-state index contributed by atoms with van der Waals surface area (Å²) >= 11 is 0. The van der Waals surface area contributed by atoms with Gasteiger partial charge < -0.3 is 9.88 Å². The van der Waals surface area contributed by atoms with Crippen LogP contribution in [-0.4, -0.2) is 44.6 Å². The third kappa shape index (κ3) is 3.92. The largest absolute Gasteiger partial charge is 0.333 e. The summed E-state index contributed by atoms with van der Waals surface area (Å²) in [7, 11) is 0. The van der Waals surface area contributed by atoms with Gasteiger partial charge in [-0.15, -0.1) is 0 Å². The van der Waals surface area contributed by atoms with Gasteiger partial charge in [-0.05, 0) is 30.9 Å². The monoisotopic (exact) mass is 361 g/mol. The van der Waals surface area contributed by atoms with E-state index in [1.807, 2.05) is 6.07 Å². The zero-order valence-electron chi connectivity index (χ0n) is 15.4. The van der Waals surface area contributed by atoms with Gasteiger partial charge in [-0.2, -0.15) is 0 Å². The molecule has 2 aromatic rings. The van der Waals surface area contributed by atoms with Crippen LogP contribution in [-0.2, 0) is 4.79 Å². The molecule has 6 nitrogen and oxygen atoms in total. The predicted molar refractivity (Wildman–Crippen MR) is 106 cm³/mol. The van der Waals surface area contributed by atoms with Crippen LogP contribution in [0.2, 0.25) is 0 Å². The molecule has 0 unspecified atom stereocenters. The lowest BCUT2D eigenvalue weighted by Crippen LogP contribution is -2.26. The van der Waals surface area contributed by atoms with E-state index in [-0.39, 0.29) is 5.91 Å². The molecule has 2 fully saturated rings. The maximum atomic E-state index is 11.7. The summed E-state index contributed by atoms with van der Waals surface area (Å²) in [6.45, 7) is 4.73. The van der Waals surface area contributed by atoms with E-state index >= 15 is 0 Å². The Morgan fingerprint density at radius 2 is 2.19 bits per heavy atom. The molecule has 27 heavy (non-hydrogen) atoms. The van der Waals surface area contributed by atoms with Crippen molar-refractivity contribution in [3.63, 3.8) is 0 Å². The first kappa shape index (κ1) is 17.5. The smallest absolute Gasteiger partial charge is 0.246 e. The van der Waals surface area contributed by atoms with E-state index in [1.54, 1.807) is 4.90 Å². The van der Waals surface area contributed by atoms with Crippen LogP contribution in [0.25, 0.3) is 11.0 Å². The number of hydrogen-bond acceptors (Lipinski definition) is 4. The number of aromatic nitrogens is 3. The van der Waals surface area contributed by atoms with Crippen LogP contribution in [0.15, 0.2) is 30.0 Å². The summed E-state index contributed by atoms with van der Waals surface area (Å²) in [6.07, 6.45) is 9.91. The highest BCUT2D eigenvalue weighted by Crippen LogP contribution is 2.25. The third-order valence-corrected chi connectivity index (χ3v) is 5.21. The lowest BCUT2D eigenvalue weighted by Gasteiger charge is -2.15. The minimum Gasteiger partial charge on any atom is -0.333 e. The quantitative estimate of drug-likeness (QED) is 0.658. The molecule has 1 aliphatic carbocycles. The van der Waals surface area contributed by atoms with Crippen molar-refractivity contribution in [1.82, 2.24) is 19.9 Å². The molecule has 0 bridgehead atoms. The Balaban J connectivity index is 1.57. The summed E-state index contributed by atoms with van der Waals surface area (Å²) in [5, 5.41) is 0.867. The van der Waals surface area contributed by atoms with Crippen LogP contribution < -0.4 is 0 Å². The molecule has 0 aromatic carbocycles. The first-order valence-corrected chi connectivity index (χ1v) is 9.56. The fourth-order valence-electron chi connectivity index (χ4n) is 3.71. The maximum Gasteiger partial charge on any atom is 0.246 e. The Bertz CT molecular complexity index is 956. The summed E-state index contributed by atoms with van der Waals surface area (Å²) in [5.41, 5.74) is 2.54. The Hall–Kier alpha value is -2.94. The Morgan fingerprint density at radius 3 is 3.00 bits per heavy atom. The lowest BCUT2D eigenvalue weighted by atomic mass is 9.90. The highest BCUT2D eigenvalue weighted by atomic mass is 16.2. The van der Waals surface area contributed by atoms with Crippen molar-refractivity contribution in [3.8, 4) is 11.8 Å². The molecule has 1 aliphatic heterocycles. The van der Waals surface area contributed by atoms with Crippen LogP contribution in [0.3, 0.4) is 0 Å². The Kier molecular flexibility index (Phi) is 5.01. The molecule has 0 radical (unpaired) electrons. The molecule has 0 spiro atoms. The SMILES string of the molecule is C=CC(=O)N1CCC(=Nc2ncnc3[nH]c(C#CC4CCCCC4)cc23)C1. The first-order chi connectivity index (χ1) is 13.2. The number of likely N-dealkylation sites (tertiary alicyclic amines) is 1. The fourth-order valence-corrected chi connectivity index (χ4v) is 3.71. The van der Waals surface area contributed by atoms with Gasteiger partial charge in [-0.1, -0.05) is 31.8 Å². The summed E-state index contributed by atoms with van der Waals surface area (Å²) in [4.78, 5) is 30.1.